The van der Waals surface area contributed by atoms with Gasteiger partial charge < -0.3 is 26.3 Å². The molecule has 23 heavy (non-hydrogen) atoms. The maximum atomic E-state index is 11.7. The summed E-state index contributed by atoms with van der Waals surface area (Å²) >= 11 is 0. The van der Waals surface area contributed by atoms with E-state index in [0.29, 0.717) is 11.4 Å². The number of nitrogens with zero attached hydrogens (tertiary/aromatic N) is 1. The van der Waals surface area contributed by atoms with Gasteiger partial charge >= 0.3 is 12.1 Å². The van der Waals surface area contributed by atoms with Gasteiger partial charge in [-0.1, -0.05) is 0 Å². The van der Waals surface area contributed by atoms with Crippen LogP contribution < -0.4 is 21.5 Å². The summed E-state index contributed by atoms with van der Waals surface area (Å²) in [6.07, 6.45) is -0.554. The van der Waals surface area contributed by atoms with Crippen molar-refractivity contribution in [2.75, 3.05) is 6.54 Å². The second kappa shape index (κ2) is 8.02. The van der Waals surface area contributed by atoms with Crippen LogP contribution in [0.25, 0.3) is 0 Å². The summed E-state index contributed by atoms with van der Waals surface area (Å²) in [5.74, 6) is -0.166. The third-order valence-electron chi connectivity index (χ3n) is 2.32. The van der Waals surface area contributed by atoms with Gasteiger partial charge in [-0.15, -0.1) is 0 Å². The van der Waals surface area contributed by atoms with Crippen LogP contribution in [0, 0.1) is 0 Å². The van der Waals surface area contributed by atoms with Crippen molar-refractivity contribution in [2.45, 2.75) is 32.8 Å². The Balaban J connectivity index is 2.37. The standard InChI is InChI=1S/C15H22N4O4/c1-15(2,3)23-14(21)18-9-8-12(20)22-11-6-4-10(5-7-11)19-13(16)17/h4-7H,8-9H2,1-3H3,(H,18,21)(H4,16,17,19). The first-order valence-corrected chi connectivity index (χ1v) is 7.03. The molecule has 1 aromatic rings. The zero-order valence-electron chi connectivity index (χ0n) is 13.5. The summed E-state index contributed by atoms with van der Waals surface area (Å²) in [5, 5.41) is 2.48. The number of carbonyl (C=O) groups excluding carboxylic acids is 2. The quantitative estimate of drug-likeness (QED) is 0.325. The second-order valence-corrected chi connectivity index (χ2v) is 5.68. The largest absolute Gasteiger partial charge is 0.444 e. The van der Waals surface area contributed by atoms with E-state index in [0.717, 1.165) is 0 Å². The summed E-state index contributed by atoms with van der Waals surface area (Å²) < 4.78 is 10.2. The number of hydrogen-bond donors (Lipinski definition) is 3. The van der Waals surface area contributed by atoms with Gasteiger partial charge in [0, 0.05) is 6.54 Å². The molecule has 0 aliphatic heterocycles. The average Bonchev–Trinajstić information content (AvgIpc) is 2.38. The number of nitrogens with two attached hydrogens (primary N) is 2. The zero-order chi connectivity index (χ0) is 17.5. The number of rotatable bonds is 5. The highest BCUT2D eigenvalue weighted by atomic mass is 16.6. The maximum Gasteiger partial charge on any atom is 0.407 e. The first-order valence-electron chi connectivity index (χ1n) is 7.03. The van der Waals surface area contributed by atoms with E-state index in [9.17, 15) is 9.59 Å². The van der Waals surface area contributed by atoms with E-state index in [-0.39, 0.29) is 18.9 Å². The van der Waals surface area contributed by atoms with E-state index in [1.807, 2.05) is 0 Å². The number of aliphatic imine (C=N–C) groups is 1. The molecular weight excluding hydrogens is 300 g/mol. The monoisotopic (exact) mass is 322 g/mol. The molecule has 8 heteroatoms. The summed E-state index contributed by atoms with van der Waals surface area (Å²) in [5.41, 5.74) is 10.5. The lowest BCUT2D eigenvalue weighted by molar-refractivity contribution is -0.134. The molecule has 1 rings (SSSR count). The number of ether oxygens (including phenoxy) is 2. The Morgan fingerprint density at radius 2 is 1.78 bits per heavy atom. The first-order chi connectivity index (χ1) is 10.7. The van der Waals surface area contributed by atoms with Gasteiger partial charge in [0.15, 0.2) is 5.96 Å². The number of benzene rings is 1. The molecule has 0 aromatic heterocycles. The van der Waals surface area contributed by atoms with Gasteiger partial charge in [0.1, 0.15) is 11.4 Å². The van der Waals surface area contributed by atoms with E-state index >= 15 is 0 Å². The lowest BCUT2D eigenvalue weighted by Gasteiger charge is -2.19. The van der Waals surface area contributed by atoms with Crippen molar-refractivity contribution in [1.82, 2.24) is 5.32 Å². The van der Waals surface area contributed by atoms with E-state index in [4.69, 9.17) is 20.9 Å². The SMILES string of the molecule is CC(C)(C)OC(=O)NCCC(=O)Oc1ccc(N=C(N)N)cc1. The number of amides is 1. The Bertz CT molecular complexity index is 572. The molecule has 0 radical (unpaired) electrons. The van der Waals surface area contributed by atoms with Crippen LogP contribution in [0.2, 0.25) is 0 Å². The lowest BCUT2D eigenvalue weighted by Crippen LogP contribution is -2.34. The number of nitrogens with one attached hydrogen (secondary N) is 1. The van der Waals surface area contributed by atoms with Crippen molar-refractivity contribution in [3.8, 4) is 5.75 Å². The van der Waals surface area contributed by atoms with Gasteiger partial charge in [-0.3, -0.25) is 4.79 Å². The van der Waals surface area contributed by atoms with Gasteiger partial charge in [-0.25, -0.2) is 9.79 Å². The molecule has 1 amide bonds. The van der Waals surface area contributed by atoms with Crippen molar-refractivity contribution < 1.29 is 19.1 Å². The minimum absolute atomic E-state index is 0.0227. The second-order valence-electron chi connectivity index (χ2n) is 5.68. The van der Waals surface area contributed by atoms with Gasteiger partial charge in [-0.2, -0.15) is 0 Å². The molecule has 5 N–H and O–H groups in total. The van der Waals surface area contributed by atoms with Crippen molar-refractivity contribution in [3.63, 3.8) is 0 Å². The third kappa shape index (κ3) is 8.30. The molecule has 0 spiro atoms. The Hall–Kier alpha value is -2.77. The summed E-state index contributed by atoms with van der Waals surface area (Å²) in [6.45, 7) is 5.40. The van der Waals surface area contributed by atoms with E-state index < -0.39 is 17.7 Å². The molecular formula is C15H22N4O4. The Kier molecular flexibility index (Phi) is 6.37. The highest BCUT2D eigenvalue weighted by Gasteiger charge is 2.16. The fourth-order valence-corrected chi connectivity index (χ4v) is 1.50. The normalized spacial score (nSPS) is 10.6. The molecule has 0 bridgehead atoms. The summed E-state index contributed by atoms with van der Waals surface area (Å²) in [7, 11) is 0. The van der Waals surface area contributed by atoms with Crippen LogP contribution in [-0.2, 0) is 9.53 Å². The number of carbonyl (C=O) groups is 2. The summed E-state index contributed by atoms with van der Waals surface area (Å²) in [6, 6.07) is 6.37. The average molecular weight is 322 g/mol. The highest BCUT2D eigenvalue weighted by molar-refractivity contribution is 5.79. The zero-order valence-corrected chi connectivity index (χ0v) is 13.5. The number of alkyl carbamates (subject to hydrolysis) is 1. The van der Waals surface area contributed by atoms with Crippen molar-refractivity contribution in [2.24, 2.45) is 16.5 Å². The Labute approximate surface area is 134 Å². The first kappa shape index (κ1) is 18.3. The minimum atomic E-state index is -0.582. The Morgan fingerprint density at radius 1 is 1.17 bits per heavy atom. The van der Waals surface area contributed by atoms with Crippen LogP contribution in [0.1, 0.15) is 27.2 Å². The molecule has 126 valence electrons. The topological polar surface area (TPSA) is 129 Å². The predicted molar refractivity (Wildman–Crippen MR) is 86.4 cm³/mol. The molecule has 1 aromatic carbocycles. The highest BCUT2D eigenvalue weighted by Crippen LogP contribution is 2.18. The van der Waals surface area contributed by atoms with E-state index in [2.05, 4.69) is 10.3 Å². The van der Waals surface area contributed by atoms with Gasteiger partial charge in [0.05, 0.1) is 12.1 Å². The van der Waals surface area contributed by atoms with E-state index in [1.165, 1.54) is 0 Å². The lowest BCUT2D eigenvalue weighted by atomic mass is 10.2. The molecule has 0 atom stereocenters. The fraction of sp³-hybridized carbons (Fsp3) is 0.400. The van der Waals surface area contributed by atoms with Crippen LogP contribution in [0.4, 0.5) is 10.5 Å². The molecule has 8 nitrogen and oxygen atoms in total. The number of esters is 1. The van der Waals surface area contributed by atoms with E-state index in [1.54, 1.807) is 45.0 Å². The van der Waals surface area contributed by atoms with Crippen LogP contribution in [0.15, 0.2) is 29.3 Å². The van der Waals surface area contributed by atoms with Gasteiger partial charge in [-0.05, 0) is 45.0 Å². The number of guanidine groups is 1. The smallest absolute Gasteiger partial charge is 0.407 e. The predicted octanol–water partition coefficient (Wildman–Crippen LogP) is 1.41. The van der Waals surface area contributed by atoms with Crippen molar-refractivity contribution in [3.05, 3.63) is 24.3 Å². The number of hydrogen-bond acceptors (Lipinski definition) is 5. The third-order valence-corrected chi connectivity index (χ3v) is 2.32. The Morgan fingerprint density at radius 3 is 2.30 bits per heavy atom. The molecule has 0 aliphatic carbocycles. The van der Waals surface area contributed by atoms with Crippen LogP contribution in [0.3, 0.4) is 0 Å². The van der Waals surface area contributed by atoms with Crippen LogP contribution in [-0.4, -0.2) is 30.2 Å². The van der Waals surface area contributed by atoms with Crippen molar-refractivity contribution in [1.29, 1.82) is 0 Å². The molecule has 0 saturated heterocycles. The summed E-state index contributed by atoms with van der Waals surface area (Å²) in [4.78, 5) is 26.9. The maximum absolute atomic E-state index is 11.7. The van der Waals surface area contributed by atoms with Crippen LogP contribution in [0.5, 0.6) is 5.75 Å². The molecule has 0 heterocycles. The van der Waals surface area contributed by atoms with Crippen molar-refractivity contribution >= 4 is 23.7 Å². The molecule has 0 fully saturated rings. The van der Waals surface area contributed by atoms with Gasteiger partial charge in [0.25, 0.3) is 0 Å². The van der Waals surface area contributed by atoms with Crippen LogP contribution >= 0.6 is 0 Å². The molecule has 0 unspecified atom stereocenters. The minimum Gasteiger partial charge on any atom is -0.444 e. The fourth-order valence-electron chi connectivity index (χ4n) is 1.50. The molecule has 0 saturated carbocycles. The van der Waals surface area contributed by atoms with Gasteiger partial charge in [0.2, 0.25) is 0 Å². The molecule has 0 aliphatic rings.